The summed E-state index contributed by atoms with van der Waals surface area (Å²) in [5.41, 5.74) is 6.04. The summed E-state index contributed by atoms with van der Waals surface area (Å²) >= 11 is 0. The van der Waals surface area contributed by atoms with Gasteiger partial charge in [0.15, 0.2) is 0 Å². The van der Waals surface area contributed by atoms with Gasteiger partial charge in [0.2, 0.25) is 0 Å². The van der Waals surface area contributed by atoms with E-state index in [2.05, 4.69) is 22.0 Å². The highest BCUT2D eigenvalue weighted by Gasteiger charge is 2.09. The summed E-state index contributed by atoms with van der Waals surface area (Å²) in [5.74, 6) is -0.893. The predicted molar refractivity (Wildman–Crippen MR) is 85.4 cm³/mol. The average Bonchev–Trinajstić information content (AvgIpc) is 2.59. The fraction of sp³-hybridized carbons (Fsp3) is 0.312. The summed E-state index contributed by atoms with van der Waals surface area (Å²) in [6, 6.07) is 10.9. The van der Waals surface area contributed by atoms with Crippen LogP contribution in [0, 0.1) is 0 Å². The van der Waals surface area contributed by atoms with Crippen molar-refractivity contribution in [2.24, 2.45) is 5.73 Å². The minimum Gasteiger partial charge on any atom is -0.468 e. The molecule has 0 aliphatic rings. The molecule has 1 aromatic heterocycles. The van der Waals surface area contributed by atoms with Crippen LogP contribution in [0.25, 0.3) is 10.9 Å². The number of hydrogen-bond donors (Lipinski definition) is 2. The molecule has 2 rings (SSSR count). The van der Waals surface area contributed by atoms with Crippen LogP contribution in [0.4, 0.5) is 0 Å². The molecule has 6 heteroatoms. The Morgan fingerprint density at radius 1 is 1.23 bits per heavy atom. The maximum Gasteiger partial charge on any atom is 0.325 e. The van der Waals surface area contributed by atoms with Crippen LogP contribution < -0.4 is 11.1 Å². The number of carbonyl (C=O) groups excluding carboxylic acids is 2. The minimum absolute atomic E-state index is 0.163. The van der Waals surface area contributed by atoms with Crippen LogP contribution in [0.5, 0.6) is 0 Å². The van der Waals surface area contributed by atoms with Crippen molar-refractivity contribution in [3.05, 3.63) is 42.1 Å². The molecule has 0 unspecified atom stereocenters. The molecular weight excluding hydrogens is 282 g/mol. The smallest absolute Gasteiger partial charge is 0.325 e. The van der Waals surface area contributed by atoms with Crippen LogP contribution in [0.2, 0.25) is 0 Å². The van der Waals surface area contributed by atoms with E-state index in [-0.39, 0.29) is 12.2 Å². The van der Waals surface area contributed by atoms with Crippen LogP contribution in [0.15, 0.2) is 36.4 Å². The zero-order chi connectivity index (χ0) is 16.4. The van der Waals surface area contributed by atoms with E-state index in [1.54, 1.807) is 6.07 Å². The SMILES string of the molecule is CCCN.COC(=O)CNC(=O)c1ccc2ccccc2n1. The Balaban J connectivity index is 0.000000541. The highest BCUT2D eigenvalue weighted by molar-refractivity contribution is 5.96. The van der Waals surface area contributed by atoms with Crippen LogP contribution in [0.1, 0.15) is 23.8 Å². The third kappa shape index (κ3) is 5.49. The van der Waals surface area contributed by atoms with Crippen molar-refractivity contribution >= 4 is 22.8 Å². The lowest BCUT2D eigenvalue weighted by atomic mass is 10.2. The van der Waals surface area contributed by atoms with Crippen molar-refractivity contribution in [1.29, 1.82) is 0 Å². The van der Waals surface area contributed by atoms with Gasteiger partial charge in [-0.15, -0.1) is 0 Å². The van der Waals surface area contributed by atoms with Gasteiger partial charge in [-0.2, -0.15) is 0 Å². The molecule has 0 atom stereocenters. The van der Waals surface area contributed by atoms with E-state index in [0.717, 1.165) is 23.9 Å². The fourth-order valence-corrected chi connectivity index (χ4v) is 1.51. The first-order valence-corrected chi connectivity index (χ1v) is 7.03. The molecule has 0 saturated heterocycles. The quantitative estimate of drug-likeness (QED) is 0.835. The molecule has 2 aromatic rings. The summed E-state index contributed by atoms with van der Waals surface area (Å²) in [4.78, 5) is 26.8. The third-order valence-corrected chi connectivity index (χ3v) is 2.74. The van der Waals surface area contributed by atoms with E-state index in [1.165, 1.54) is 7.11 Å². The van der Waals surface area contributed by atoms with Crippen LogP contribution in [0.3, 0.4) is 0 Å². The number of ether oxygens (including phenoxy) is 1. The molecule has 22 heavy (non-hydrogen) atoms. The molecular formula is C16H21N3O3. The van der Waals surface area contributed by atoms with Crippen molar-refractivity contribution in [3.8, 4) is 0 Å². The number of fused-ring (bicyclic) bond motifs is 1. The first kappa shape index (κ1) is 17.6. The molecule has 3 N–H and O–H groups in total. The first-order chi connectivity index (χ1) is 10.6. The lowest BCUT2D eigenvalue weighted by molar-refractivity contribution is -0.139. The van der Waals surface area contributed by atoms with Gasteiger partial charge in [0.1, 0.15) is 12.2 Å². The van der Waals surface area contributed by atoms with E-state index in [9.17, 15) is 9.59 Å². The van der Waals surface area contributed by atoms with Gasteiger partial charge < -0.3 is 15.8 Å². The van der Waals surface area contributed by atoms with Gasteiger partial charge >= 0.3 is 5.97 Å². The normalized spacial score (nSPS) is 9.59. The van der Waals surface area contributed by atoms with Crippen molar-refractivity contribution in [3.63, 3.8) is 0 Å². The second-order valence-corrected chi connectivity index (χ2v) is 4.44. The summed E-state index contributed by atoms with van der Waals surface area (Å²) in [5, 5.41) is 3.40. The Morgan fingerprint density at radius 2 is 1.91 bits per heavy atom. The van der Waals surface area contributed by atoms with Gasteiger partial charge in [-0.1, -0.05) is 31.2 Å². The number of rotatable bonds is 4. The molecule has 1 aromatic carbocycles. The minimum atomic E-state index is -0.496. The number of nitrogens with zero attached hydrogens (tertiary/aromatic N) is 1. The van der Waals surface area contributed by atoms with Gasteiger partial charge in [0.05, 0.1) is 12.6 Å². The molecule has 0 aliphatic carbocycles. The Hall–Kier alpha value is -2.47. The lowest BCUT2D eigenvalue weighted by Gasteiger charge is -2.04. The maximum atomic E-state index is 11.7. The van der Waals surface area contributed by atoms with Gasteiger partial charge in [-0.05, 0) is 25.1 Å². The number of methoxy groups -OCH3 is 1. The third-order valence-electron chi connectivity index (χ3n) is 2.74. The summed E-state index contributed by atoms with van der Waals surface area (Å²) < 4.78 is 4.43. The van der Waals surface area contributed by atoms with E-state index < -0.39 is 11.9 Å². The number of esters is 1. The number of amides is 1. The van der Waals surface area contributed by atoms with E-state index in [4.69, 9.17) is 5.73 Å². The number of pyridine rings is 1. The topological polar surface area (TPSA) is 94.3 Å². The molecule has 0 aliphatic heterocycles. The molecule has 0 spiro atoms. The Morgan fingerprint density at radius 3 is 2.55 bits per heavy atom. The Labute approximate surface area is 129 Å². The average molecular weight is 303 g/mol. The zero-order valence-electron chi connectivity index (χ0n) is 12.8. The lowest BCUT2D eigenvalue weighted by Crippen LogP contribution is -2.30. The second kappa shape index (κ2) is 9.46. The number of carbonyl (C=O) groups is 2. The number of hydrogen-bond acceptors (Lipinski definition) is 5. The van der Waals surface area contributed by atoms with E-state index >= 15 is 0 Å². The molecule has 0 radical (unpaired) electrons. The van der Waals surface area contributed by atoms with Crippen molar-refractivity contribution in [2.75, 3.05) is 20.2 Å². The fourth-order valence-electron chi connectivity index (χ4n) is 1.51. The second-order valence-electron chi connectivity index (χ2n) is 4.44. The zero-order valence-corrected chi connectivity index (χ0v) is 12.8. The van der Waals surface area contributed by atoms with E-state index in [1.807, 2.05) is 30.3 Å². The van der Waals surface area contributed by atoms with Crippen molar-refractivity contribution in [1.82, 2.24) is 10.3 Å². The molecule has 1 amide bonds. The number of aromatic nitrogens is 1. The van der Waals surface area contributed by atoms with Crippen molar-refractivity contribution in [2.45, 2.75) is 13.3 Å². The Kier molecular flexibility index (Phi) is 7.56. The molecule has 118 valence electrons. The predicted octanol–water partition coefficient (Wildman–Crippen LogP) is 1.49. The van der Waals surface area contributed by atoms with Gasteiger partial charge in [0.25, 0.3) is 5.91 Å². The summed E-state index contributed by atoms with van der Waals surface area (Å²) in [7, 11) is 1.27. The number of para-hydroxylation sites is 1. The largest absolute Gasteiger partial charge is 0.468 e. The number of nitrogens with two attached hydrogens (primary N) is 1. The maximum absolute atomic E-state index is 11.7. The van der Waals surface area contributed by atoms with Crippen LogP contribution in [-0.4, -0.2) is 37.1 Å². The van der Waals surface area contributed by atoms with Crippen LogP contribution in [-0.2, 0) is 9.53 Å². The van der Waals surface area contributed by atoms with Gasteiger partial charge in [-0.25, -0.2) is 4.98 Å². The first-order valence-electron chi connectivity index (χ1n) is 7.03. The highest BCUT2D eigenvalue weighted by Crippen LogP contribution is 2.11. The van der Waals surface area contributed by atoms with Gasteiger partial charge in [-0.3, -0.25) is 9.59 Å². The van der Waals surface area contributed by atoms with Crippen LogP contribution >= 0.6 is 0 Å². The molecule has 0 bridgehead atoms. The molecule has 0 fully saturated rings. The number of benzene rings is 1. The summed E-state index contributed by atoms with van der Waals surface area (Å²) in [6.07, 6.45) is 1.10. The monoisotopic (exact) mass is 303 g/mol. The number of nitrogens with one attached hydrogen (secondary N) is 1. The Bertz CT molecular complexity index is 627. The van der Waals surface area contributed by atoms with Gasteiger partial charge in [0, 0.05) is 5.39 Å². The molecule has 6 nitrogen and oxygen atoms in total. The van der Waals surface area contributed by atoms with E-state index in [0.29, 0.717) is 0 Å². The standard InChI is InChI=1S/C13H12N2O3.C3H9N/c1-18-12(16)8-14-13(17)11-7-6-9-4-2-3-5-10(9)15-11;1-2-3-4/h2-7H,8H2,1H3,(H,14,17);2-4H2,1H3. The molecule has 0 saturated carbocycles. The van der Waals surface area contributed by atoms with Crippen molar-refractivity contribution < 1.29 is 14.3 Å². The molecule has 1 heterocycles. The highest BCUT2D eigenvalue weighted by atomic mass is 16.5. The summed E-state index contributed by atoms with van der Waals surface area (Å²) in [6.45, 7) is 2.71.